The summed E-state index contributed by atoms with van der Waals surface area (Å²) in [7, 11) is 0. The molecule has 2 unspecified atom stereocenters. The summed E-state index contributed by atoms with van der Waals surface area (Å²) in [5, 5.41) is 0. The van der Waals surface area contributed by atoms with Crippen LogP contribution in [-0.2, 0) is 15.9 Å². The Morgan fingerprint density at radius 1 is 1.14 bits per heavy atom. The van der Waals surface area contributed by atoms with Gasteiger partial charge in [0.25, 0.3) is 0 Å². The normalized spacial score (nSPS) is 38.8. The number of ether oxygens (including phenoxy) is 1. The van der Waals surface area contributed by atoms with Crippen LogP contribution >= 0.6 is 0 Å². The van der Waals surface area contributed by atoms with Gasteiger partial charge in [-0.15, -0.1) is 0 Å². The Morgan fingerprint density at radius 3 is 2.57 bits per heavy atom. The molecule has 1 aromatic carbocycles. The highest BCUT2D eigenvalue weighted by atomic mass is 16.5. The first-order valence-electron chi connectivity index (χ1n) is 5.36. The molecule has 1 nitrogen and oxygen atoms in total. The molecule has 2 heterocycles. The van der Waals surface area contributed by atoms with E-state index in [1.807, 2.05) is 0 Å². The molecular weight excluding hydrogens is 172 g/mol. The first kappa shape index (κ1) is 8.49. The predicted octanol–water partition coefficient (Wildman–Crippen LogP) is 3.25. The van der Waals surface area contributed by atoms with Gasteiger partial charge < -0.3 is 4.74 Å². The minimum absolute atomic E-state index is 0.00387. The van der Waals surface area contributed by atoms with Crippen molar-refractivity contribution in [1.82, 2.24) is 0 Å². The van der Waals surface area contributed by atoms with Gasteiger partial charge in [-0.3, -0.25) is 0 Å². The van der Waals surface area contributed by atoms with E-state index in [0.29, 0.717) is 0 Å². The third kappa shape index (κ3) is 0.795. The molecule has 0 aromatic heterocycles. The Bertz CT molecular complexity index is 410. The molecule has 2 aliphatic heterocycles. The van der Waals surface area contributed by atoms with Gasteiger partial charge in [0.15, 0.2) is 0 Å². The van der Waals surface area contributed by atoms with Crippen LogP contribution in [0.5, 0.6) is 0 Å². The van der Waals surface area contributed by atoms with E-state index in [1.165, 1.54) is 29.5 Å². The van der Waals surface area contributed by atoms with Crippen LogP contribution in [0.25, 0.3) is 0 Å². The summed E-state index contributed by atoms with van der Waals surface area (Å²) in [6, 6.07) is 6.57. The average molecular weight is 188 g/mol. The smallest absolute Gasteiger partial charge is 0.0922 e. The van der Waals surface area contributed by atoms with E-state index in [0.717, 1.165) is 0 Å². The van der Waals surface area contributed by atoms with Crippen molar-refractivity contribution in [3.63, 3.8) is 0 Å². The van der Waals surface area contributed by atoms with E-state index >= 15 is 0 Å². The topological polar surface area (TPSA) is 9.23 Å². The highest BCUT2D eigenvalue weighted by Crippen LogP contribution is 2.58. The summed E-state index contributed by atoms with van der Waals surface area (Å²) < 4.78 is 6.20. The molecule has 0 saturated carbocycles. The second-order valence-corrected chi connectivity index (χ2v) is 5.06. The number of aryl methyl sites for hydroxylation is 1. The highest BCUT2D eigenvalue weighted by molar-refractivity contribution is 5.47. The lowest BCUT2D eigenvalue weighted by molar-refractivity contribution is -0.0663. The largest absolute Gasteiger partial charge is 0.360 e. The molecule has 3 rings (SSSR count). The van der Waals surface area contributed by atoms with Crippen molar-refractivity contribution in [3.8, 4) is 0 Å². The minimum Gasteiger partial charge on any atom is -0.360 e. The molecule has 2 aliphatic rings. The number of hydrogen-bond acceptors (Lipinski definition) is 1. The van der Waals surface area contributed by atoms with Crippen LogP contribution in [0.4, 0.5) is 0 Å². The highest BCUT2D eigenvalue weighted by Gasteiger charge is 2.54. The van der Waals surface area contributed by atoms with Gasteiger partial charge in [0.1, 0.15) is 0 Å². The Morgan fingerprint density at radius 2 is 1.86 bits per heavy atom. The number of rotatable bonds is 0. The molecule has 1 heteroatoms. The van der Waals surface area contributed by atoms with Gasteiger partial charge in [-0.1, -0.05) is 18.2 Å². The third-order valence-corrected chi connectivity index (χ3v) is 3.90. The van der Waals surface area contributed by atoms with Gasteiger partial charge in [-0.25, -0.2) is 0 Å². The molecule has 2 atom stereocenters. The molecular formula is C13H16O. The molecule has 1 fully saturated rings. The van der Waals surface area contributed by atoms with E-state index < -0.39 is 0 Å². The zero-order valence-electron chi connectivity index (χ0n) is 9.05. The van der Waals surface area contributed by atoms with Crippen LogP contribution in [0.15, 0.2) is 18.2 Å². The van der Waals surface area contributed by atoms with Crippen molar-refractivity contribution < 1.29 is 4.74 Å². The second kappa shape index (κ2) is 2.22. The zero-order valence-corrected chi connectivity index (χ0v) is 9.05. The van der Waals surface area contributed by atoms with E-state index in [1.54, 1.807) is 0 Å². The monoisotopic (exact) mass is 188 g/mol. The van der Waals surface area contributed by atoms with Crippen LogP contribution in [0.3, 0.4) is 0 Å². The molecule has 1 aromatic rings. The maximum atomic E-state index is 6.20. The number of fused-ring (bicyclic) bond motifs is 5. The lowest BCUT2D eigenvalue weighted by Crippen LogP contribution is -2.19. The first-order chi connectivity index (χ1) is 6.55. The summed E-state index contributed by atoms with van der Waals surface area (Å²) in [6.45, 7) is 6.65. The first-order valence-corrected chi connectivity index (χ1v) is 5.36. The molecule has 0 radical (unpaired) electrons. The quantitative estimate of drug-likeness (QED) is 0.607. The van der Waals surface area contributed by atoms with E-state index in [2.05, 4.69) is 39.0 Å². The van der Waals surface area contributed by atoms with Gasteiger partial charge in [-0.2, -0.15) is 0 Å². The van der Waals surface area contributed by atoms with Crippen LogP contribution in [0, 0.1) is 6.92 Å². The van der Waals surface area contributed by atoms with E-state index in [9.17, 15) is 0 Å². The molecule has 74 valence electrons. The van der Waals surface area contributed by atoms with Crippen molar-refractivity contribution >= 4 is 0 Å². The summed E-state index contributed by atoms with van der Waals surface area (Å²) in [5.74, 6) is 0. The maximum Gasteiger partial charge on any atom is 0.0922 e. The van der Waals surface area contributed by atoms with Crippen LogP contribution in [0.2, 0.25) is 0 Å². The van der Waals surface area contributed by atoms with Gasteiger partial charge >= 0.3 is 0 Å². The minimum atomic E-state index is -0.00454. The predicted molar refractivity (Wildman–Crippen MR) is 56.2 cm³/mol. The fraction of sp³-hybridized carbons (Fsp3) is 0.538. The number of hydrogen-bond donors (Lipinski definition) is 0. The van der Waals surface area contributed by atoms with Crippen molar-refractivity contribution in [2.24, 2.45) is 0 Å². The Labute approximate surface area is 85.1 Å². The SMILES string of the molecule is Cc1cccc2c1C1(C)CCC2(C)O1. The third-order valence-electron chi connectivity index (χ3n) is 3.90. The molecule has 0 amide bonds. The lowest BCUT2D eigenvalue weighted by atomic mass is 9.76. The van der Waals surface area contributed by atoms with E-state index in [-0.39, 0.29) is 11.2 Å². The van der Waals surface area contributed by atoms with Crippen LogP contribution < -0.4 is 0 Å². The van der Waals surface area contributed by atoms with Gasteiger partial charge in [-0.05, 0) is 50.3 Å². The Kier molecular flexibility index (Phi) is 1.35. The molecule has 1 saturated heterocycles. The second-order valence-electron chi connectivity index (χ2n) is 5.06. The van der Waals surface area contributed by atoms with Crippen molar-refractivity contribution in [3.05, 3.63) is 34.9 Å². The van der Waals surface area contributed by atoms with E-state index in [4.69, 9.17) is 4.74 Å². The maximum absolute atomic E-state index is 6.20. The molecule has 2 bridgehead atoms. The lowest BCUT2D eigenvalue weighted by Gasteiger charge is -2.24. The van der Waals surface area contributed by atoms with Crippen LogP contribution in [-0.4, -0.2) is 0 Å². The Hall–Kier alpha value is -0.820. The van der Waals surface area contributed by atoms with Crippen molar-refractivity contribution in [2.75, 3.05) is 0 Å². The standard InChI is InChI=1S/C13H16O/c1-9-5-4-6-10-11(9)13(3)8-7-12(10,2)14-13/h4-6H,7-8H2,1-3H3. The van der Waals surface area contributed by atoms with Crippen molar-refractivity contribution in [1.29, 1.82) is 0 Å². The summed E-state index contributed by atoms with van der Waals surface area (Å²) in [5.41, 5.74) is 4.25. The Balaban J connectivity index is 2.34. The molecule has 0 aliphatic carbocycles. The van der Waals surface area contributed by atoms with Gasteiger partial charge in [0.05, 0.1) is 11.2 Å². The van der Waals surface area contributed by atoms with Crippen molar-refractivity contribution in [2.45, 2.75) is 44.8 Å². The zero-order chi connectivity index (χ0) is 9.97. The van der Waals surface area contributed by atoms with Gasteiger partial charge in [0, 0.05) is 0 Å². The van der Waals surface area contributed by atoms with Crippen LogP contribution in [0.1, 0.15) is 43.4 Å². The summed E-state index contributed by atoms with van der Waals surface area (Å²) in [6.07, 6.45) is 2.33. The summed E-state index contributed by atoms with van der Waals surface area (Å²) in [4.78, 5) is 0. The fourth-order valence-electron chi connectivity index (χ4n) is 3.25. The fourth-order valence-corrected chi connectivity index (χ4v) is 3.25. The number of benzene rings is 1. The summed E-state index contributed by atoms with van der Waals surface area (Å²) >= 11 is 0. The molecule has 14 heavy (non-hydrogen) atoms. The average Bonchev–Trinajstić information content (AvgIpc) is 2.54. The molecule has 0 N–H and O–H groups in total. The van der Waals surface area contributed by atoms with Gasteiger partial charge in [0.2, 0.25) is 0 Å². The molecule has 0 spiro atoms.